The number of hydrogen-bond acceptors (Lipinski definition) is 4. The van der Waals surface area contributed by atoms with Crippen LogP contribution in [0.1, 0.15) is 0 Å². The van der Waals surface area contributed by atoms with Crippen LogP contribution in [0.4, 0.5) is 5.82 Å². The van der Waals surface area contributed by atoms with Crippen molar-refractivity contribution < 1.29 is 0 Å². The number of anilines is 1. The molecule has 0 fully saturated rings. The largest absolute Gasteiger partial charge is 0.383 e. The summed E-state index contributed by atoms with van der Waals surface area (Å²) in [6.07, 6.45) is 3.55. The van der Waals surface area contributed by atoms with Crippen molar-refractivity contribution in [1.29, 1.82) is 0 Å². The van der Waals surface area contributed by atoms with E-state index in [0.717, 1.165) is 33.1 Å². The Bertz CT molecular complexity index is 875. The zero-order valence-electron chi connectivity index (χ0n) is 9.88. The van der Waals surface area contributed by atoms with Gasteiger partial charge in [0.25, 0.3) is 0 Å². The Hall–Kier alpha value is -2.89. The van der Waals surface area contributed by atoms with Gasteiger partial charge in [-0.1, -0.05) is 6.07 Å². The number of rotatable bonds is 1. The fraction of sp³-hybridized carbons (Fsp3) is 0. The lowest BCUT2D eigenvalue weighted by atomic mass is 10.1. The summed E-state index contributed by atoms with van der Waals surface area (Å²) in [6.45, 7) is 0. The molecule has 6 nitrogen and oxygen atoms in total. The molecule has 4 rings (SSSR count). The normalized spacial score (nSPS) is 11.4. The Morgan fingerprint density at radius 1 is 1.00 bits per heavy atom. The number of fused-ring (bicyclic) bond motifs is 3. The van der Waals surface area contributed by atoms with Crippen LogP contribution in [-0.4, -0.2) is 25.4 Å². The van der Waals surface area contributed by atoms with Gasteiger partial charge in [-0.3, -0.25) is 10.2 Å². The van der Waals surface area contributed by atoms with E-state index >= 15 is 0 Å². The summed E-state index contributed by atoms with van der Waals surface area (Å²) in [5.41, 5.74) is 9.48. The van der Waals surface area contributed by atoms with Crippen LogP contribution in [0.3, 0.4) is 0 Å². The van der Waals surface area contributed by atoms with E-state index in [-0.39, 0.29) is 0 Å². The highest BCUT2D eigenvalue weighted by Gasteiger charge is 2.10. The van der Waals surface area contributed by atoms with E-state index in [1.165, 1.54) is 0 Å². The molecule has 19 heavy (non-hydrogen) atoms. The summed E-state index contributed by atoms with van der Waals surface area (Å²) in [5, 5.41) is 15.8. The summed E-state index contributed by atoms with van der Waals surface area (Å²) >= 11 is 0. The zero-order chi connectivity index (χ0) is 12.8. The number of hydrogen-bond donors (Lipinski definition) is 3. The second kappa shape index (κ2) is 3.55. The molecule has 0 radical (unpaired) electrons. The van der Waals surface area contributed by atoms with E-state index in [4.69, 9.17) is 5.73 Å². The van der Waals surface area contributed by atoms with E-state index in [0.29, 0.717) is 5.82 Å². The second-order valence-corrected chi connectivity index (χ2v) is 4.34. The summed E-state index contributed by atoms with van der Waals surface area (Å²) < 4.78 is 0. The van der Waals surface area contributed by atoms with Gasteiger partial charge in [-0.2, -0.15) is 10.2 Å². The number of nitrogen functional groups attached to an aromatic ring is 1. The lowest BCUT2D eigenvalue weighted by Crippen LogP contribution is -1.92. The minimum absolute atomic E-state index is 0.482. The number of nitrogens with one attached hydrogen (secondary N) is 2. The molecule has 3 aromatic heterocycles. The highest BCUT2D eigenvalue weighted by atomic mass is 15.1. The third-order valence-electron chi connectivity index (χ3n) is 3.21. The third-order valence-corrected chi connectivity index (χ3v) is 3.21. The van der Waals surface area contributed by atoms with Crippen molar-refractivity contribution in [3.05, 3.63) is 36.7 Å². The van der Waals surface area contributed by atoms with E-state index < -0.39 is 0 Å². The first-order valence-electron chi connectivity index (χ1n) is 5.86. The molecule has 0 spiro atoms. The van der Waals surface area contributed by atoms with Crippen LogP contribution in [-0.2, 0) is 0 Å². The van der Waals surface area contributed by atoms with Crippen molar-refractivity contribution in [2.24, 2.45) is 0 Å². The molecule has 0 aliphatic heterocycles. The first kappa shape index (κ1) is 10.1. The molecule has 0 amide bonds. The average Bonchev–Trinajstić information content (AvgIpc) is 3.10. The van der Waals surface area contributed by atoms with Gasteiger partial charge in [0.15, 0.2) is 0 Å². The van der Waals surface area contributed by atoms with Gasteiger partial charge in [0.05, 0.1) is 16.6 Å². The van der Waals surface area contributed by atoms with Crippen LogP contribution in [0.2, 0.25) is 0 Å². The minimum atomic E-state index is 0.482. The van der Waals surface area contributed by atoms with Gasteiger partial charge in [0, 0.05) is 23.3 Å². The highest BCUT2D eigenvalue weighted by Crippen LogP contribution is 2.28. The standard InChI is InChI=1S/C13H10N6/c14-13-9-6-16-19-12(9)8-2-1-7(5-11(8)17-13)10-3-4-15-18-10/h1-6H,(H2,14,17)(H,15,18)(H,16,19). The molecule has 1 aromatic carbocycles. The predicted octanol–water partition coefficient (Wildman–Crippen LogP) is 2.08. The van der Waals surface area contributed by atoms with Crippen LogP contribution in [0, 0.1) is 0 Å². The van der Waals surface area contributed by atoms with E-state index in [2.05, 4.69) is 25.4 Å². The summed E-state index contributed by atoms with van der Waals surface area (Å²) in [6, 6.07) is 7.88. The lowest BCUT2D eigenvalue weighted by Gasteiger charge is -2.03. The molecule has 0 atom stereocenters. The van der Waals surface area contributed by atoms with Gasteiger partial charge in [0.1, 0.15) is 11.3 Å². The van der Waals surface area contributed by atoms with Crippen molar-refractivity contribution in [1.82, 2.24) is 25.4 Å². The van der Waals surface area contributed by atoms with E-state index in [9.17, 15) is 0 Å². The number of nitrogens with zero attached hydrogens (tertiary/aromatic N) is 3. The van der Waals surface area contributed by atoms with Crippen LogP contribution in [0.15, 0.2) is 36.7 Å². The van der Waals surface area contributed by atoms with Crippen molar-refractivity contribution in [2.45, 2.75) is 0 Å². The highest BCUT2D eigenvalue weighted by molar-refractivity contribution is 6.07. The van der Waals surface area contributed by atoms with Gasteiger partial charge < -0.3 is 5.73 Å². The number of aromatic nitrogens is 5. The number of nitrogens with two attached hydrogens (primary N) is 1. The maximum absolute atomic E-state index is 5.94. The molecule has 4 N–H and O–H groups in total. The topological polar surface area (TPSA) is 96.3 Å². The van der Waals surface area contributed by atoms with Crippen LogP contribution in [0.25, 0.3) is 33.1 Å². The predicted molar refractivity (Wildman–Crippen MR) is 73.4 cm³/mol. The number of aromatic amines is 2. The second-order valence-electron chi connectivity index (χ2n) is 4.34. The quantitative estimate of drug-likeness (QED) is 0.482. The molecule has 0 aliphatic carbocycles. The Labute approximate surface area is 107 Å². The SMILES string of the molecule is Nc1nc2cc(-c3cc[nH]n3)ccc2c2n[nH]cc12. The number of pyridine rings is 1. The zero-order valence-corrected chi connectivity index (χ0v) is 9.88. The molecule has 0 aliphatic rings. The molecular formula is C13H10N6. The summed E-state index contributed by atoms with van der Waals surface area (Å²) in [4.78, 5) is 4.43. The Kier molecular flexibility index (Phi) is 1.88. The maximum atomic E-state index is 5.94. The molecule has 3 heterocycles. The van der Waals surface area contributed by atoms with Crippen molar-refractivity contribution in [3.63, 3.8) is 0 Å². The minimum Gasteiger partial charge on any atom is -0.383 e. The van der Waals surface area contributed by atoms with Crippen LogP contribution >= 0.6 is 0 Å². The molecule has 6 heteroatoms. The smallest absolute Gasteiger partial charge is 0.135 e. The summed E-state index contributed by atoms with van der Waals surface area (Å²) in [7, 11) is 0. The van der Waals surface area contributed by atoms with Crippen molar-refractivity contribution in [2.75, 3.05) is 5.73 Å². The Morgan fingerprint density at radius 2 is 1.95 bits per heavy atom. The Balaban J connectivity index is 2.07. The lowest BCUT2D eigenvalue weighted by molar-refractivity contribution is 1.10. The fourth-order valence-corrected chi connectivity index (χ4v) is 2.29. The molecule has 0 bridgehead atoms. The number of H-pyrrole nitrogens is 2. The molecule has 0 unspecified atom stereocenters. The van der Waals surface area contributed by atoms with E-state index in [1.54, 1.807) is 12.4 Å². The van der Waals surface area contributed by atoms with Crippen LogP contribution in [0.5, 0.6) is 0 Å². The van der Waals surface area contributed by atoms with Crippen molar-refractivity contribution >= 4 is 27.6 Å². The summed E-state index contributed by atoms with van der Waals surface area (Å²) in [5.74, 6) is 0.482. The first-order chi connectivity index (χ1) is 9.33. The Morgan fingerprint density at radius 3 is 2.79 bits per heavy atom. The van der Waals surface area contributed by atoms with Gasteiger partial charge in [0.2, 0.25) is 0 Å². The third kappa shape index (κ3) is 1.40. The van der Waals surface area contributed by atoms with Gasteiger partial charge in [-0.05, 0) is 18.2 Å². The monoisotopic (exact) mass is 250 g/mol. The molecule has 92 valence electrons. The molecular weight excluding hydrogens is 240 g/mol. The molecule has 4 aromatic rings. The molecule has 0 saturated heterocycles. The van der Waals surface area contributed by atoms with Gasteiger partial charge >= 0.3 is 0 Å². The fourth-order valence-electron chi connectivity index (χ4n) is 2.29. The van der Waals surface area contributed by atoms with Crippen molar-refractivity contribution in [3.8, 4) is 11.3 Å². The van der Waals surface area contributed by atoms with Gasteiger partial charge in [-0.15, -0.1) is 0 Å². The van der Waals surface area contributed by atoms with Gasteiger partial charge in [-0.25, -0.2) is 4.98 Å². The molecule has 0 saturated carbocycles. The van der Waals surface area contributed by atoms with E-state index in [1.807, 2.05) is 24.3 Å². The number of benzene rings is 1. The van der Waals surface area contributed by atoms with Crippen LogP contribution < -0.4 is 5.73 Å². The average molecular weight is 250 g/mol. The first-order valence-corrected chi connectivity index (χ1v) is 5.86. The maximum Gasteiger partial charge on any atom is 0.135 e.